The number of aliphatic carboxylic acids is 1. The summed E-state index contributed by atoms with van der Waals surface area (Å²) >= 11 is 0. The predicted octanol–water partition coefficient (Wildman–Crippen LogP) is -2.74. The summed E-state index contributed by atoms with van der Waals surface area (Å²) in [5.41, 5.74) is -0.360. The fourth-order valence-electron chi connectivity index (χ4n) is 0.864. The minimum atomic E-state index is -4.47. The van der Waals surface area contributed by atoms with Crippen LogP contribution in [0.4, 0.5) is 8.78 Å². The number of ketones is 1. The maximum absolute atomic E-state index is 12.6. The molecule has 0 spiro atoms. The van der Waals surface area contributed by atoms with E-state index < -0.39 is 17.7 Å². The van der Waals surface area contributed by atoms with Gasteiger partial charge in [0.1, 0.15) is 5.97 Å². The summed E-state index contributed by atoms with van der Waals surface area (Å²) < 4.78 is 25.2. The molecule has 0 aliphatic heterocycles. The van der Waals surface area contributed by atoms with E-state index in [1.807, 2.05) is 0 Å². The summed E-state index contributed by atoms with van der Waals surface area (Å²) in [4.78, 5) is 20.9. The Balaban J connectivity index is 0.00000196. The molecule has 1 aromatic carbocycles. The van der Waals surface area contributed by atoms with Crippen molar-refractivity contribution < 1.29 is 74.9 Å². The van der Waals surface area contributed by atoms with Crippen molar-refractivity contribution in [3.63, 3.8) is 0 Å². The Hall–Kier alpha value is -0.144. The fourth-order valence-corrected chi connectivity index (χ4v) is 0.864. The number of carboxylic acids is 1. The zero-order valence-electron chi connectivity index (χ0n) is 7.87. The van der Waals surface area contributed by atoms with Crippen LogP contribution >= 0.6 is 0 Å². The Morgan fingerprint density at radius 3 is 2.00 bits per heavy atom. The Labute approximate surface area is 127 Å². The molecule has 6 heteroatoms. The van der Waals surface area contributed by atoms with Gasteiger partial charge in [0.25, 0.3) is 0 Å². The summed E-state index contributed by atoms with van der Waals surface area (Å²) in [6.07, 6.45) is 0. The van der Waals surface area contributed by atoms with Gasteiger partial charge in [-0.05, 0) is 0 Å². The fraction of sp³-hybridized carbons (Fsp3) is 0.111. The molecule has 15 heavy (non-hydrogen) atoms. The van der Waals surface area contributed by atoms with E-state index in [4.69, 9.17) is 0 Å². The van der Waals surface area contributed by atoms with E-state index in [1.165, 1.54) is 18.2 Å². The molecule has 0 N–H and O–H groups in total. The molecule has 0 atom stereocenters. The first-order valence-corrected chi connectivity index (χ1v) is 3.65. The van der Waals surface area contributed by atoms with Crippen LogP contribution in [0.1, 0.15) is 10.4 Å². The number of carbonyl (C=O) groups excluding carboxylic acids is 2. The van der Waals surface area contributed by atoms with Crippen molar-refractivity contribution in [2.24, 2.45) is 0 Å². The van der Waals surface area contributed by atoms with Crippen molar-refractivity contribution in [2.75, 3.05) is 0 Å². The van der Waals surface area contributed by atoms with Crippen molar-refractivity contribution >= 4 is 11.8 Å². The third-order valence-electron chi connectivity index (χ3n) is 1.58. The SMILES string of the molecule is O=C([O-])C(F)(F)C(=O)c1ccccc1.[K+]. The second-order valence-electron chi connectivity index (χ2n) is 2.56. The van der Waals surface area contributed by atoms with Crippen molar-refractivity contribution in [1.82, 2.24) is 0 Å². The second-order valence-corrected chi connectivity index (χ2v) is 2.56. The minimum absolute atomic E-state index is 0. The van der Waals surface area contributed by atoms with Gasteiger partial charge in [-0.3, -0.25) is 4.79 Å². The van der Waals surface area contributed by atoms with Gasteiger partial charge in [-0.1, -0.05) is 30.3 Å². The zero-order valence-corrected chi connectivity index (χ0v) is 11.0. The zero-order chi connectivity index (χ0) is 10.8. The summed E-state index contributed by atoms with van der Waals surface area (Å²) in [7, 11) is 0. The molecule has 0 saturated heterocycles. The van der Waals surface area contributed by atoms with Crippen molar-refractivity contribution in [2.45, 2.75) is 5.92 Å². The summed E-state index contributed by atoms with van der Waals surface area (Å²) in [6.45, 7) is 0. The van der Waals surface area contributed by atoms with Crippen LogP contribution in [0.5, 0.6) is 0 Å². The quantitative estimate of drug-likeness (QED) is 0.326. The van der Waals surface area contributed by atoms with E-state index in [-0.39, 0.29) is 56.9 Å². The molecule has 0 radical (unpaired) electrons. The number of alkyl halides is 2. The van der Waals surface area contributed by atoms with Gasteiger partial charge in [0.15, 0.2) is 0 Å². The van der Waals surface area contributed by atoms with Crippen LogP contribution in [0.15, 0.2) is 30.3 Å². The average molecular weight is 238 g/mol. The van der Waals surface area contributed by atoms with E-state index in [9.17, 15) is 23.5 Å². The van der Waals surface area contributed by atoms with Gasteiger partial charge in [0.05, 0.1) is 0 Å². The van der Waals surface area contributed by atoms with Gasteiger partial charge >= 0.3 is 57.3 Å². The monoisotopic (exact) mass is 238 g/mol. The molecule has 1 rings (SSSR count). The maximum atomic E-state index is 12.6. The van der Waals surface area contributed by atoms with Crippen molar-refractivity contribution in [3.05, 3.63) is 35.9 Å². The first kappa shape index (κ1) is 14.9. The molecule has 0 aromatic heterocycles. The van der Waals surface area contributed by atoms with Gasteiger partial charge in [-0.25, -0.2) is 0 Å². The molecule has 3 nitrogen and oxygen atoms in total. The first-order chi connectivity index (χ1) is 6.46. The Morgan fingerprint density at radius 1 is 1.13 bits per heavy atom. The number of hydrogen-bond donors (Lipinski definition) is 0. The third kappa shape index (κ3) is 3.42. The van der Waals surface area contributed by atoms with Gasteiger partial charge in [-0.2, -0.15) is 8.78 Å². The van der Waals surface area contributed by atoms with Crippen LogP contribution in [0.2, 0.25) is 0 Å². The van der Waals surface area contributed by atoms with E-state index >= 15 is 0 Å². The molecule has 0 amide bonds. The number of hydrogen-bond acceptors (Lipinski definition) is 3. The largest absolute Gasteiger partial charge is 1.00 e. The van der Waals surface area contributed by atoms with Crippen molar-refractivity contribution in [3.8, 4) is 0 Å². The summed E-state index contributed by atoms with van der Waals surface area (Å²) in [5.74, 6) is -8.93. The molecule has 0 aliphatic rings. The number of carbonyl (C=O) groups is 2. The van der Waals surface area contributed by atoms with Crippen LogP contribution < -0.4 is 56.5 Å². The predicted molar refractivity (Wildman–Crippen MR) is 40.7 cm³/mol. The van der Waals surface area contributed by atoms with Gasteiger partial charge < -0.3 is 9.90 Å². The molecule has 1 aromatic rings. The number of carboxylic acid groups (broad SMARTS) is 1. The van der Waals surface area contributed by atoms with E-state index in [0.717, 1.165) is 12.1 Å². The van der Waals surface area contributed by atoms with Crippen LogP contribution in [0.25, 0.3) is 0 Å². The molecular weight excluding hydrogens is 233 g/mol. The maximum Gasteiger partial charge on any atom is 1.00 e. The van der Waals surface area contributed by atoms with Gasteiger partial charge in [-0.15, -0.1) is 0 Å². The number of halogens is 2. The average Bonchev–Trinajstić information content (AvgIpc) is 2.17. The van der Waals surface area contributed by atoms with Crippen LogP contribution in [0, 0.1) is 0 Å². The molecule has 0 heterocycles. The molecule has 0 fully saturated rings. The van der Waals surface area contributed by atoms with Crippen LogP contribution in [-0.4, -0.2) is 17.7 Å². The topological polar surface area (TPSA) is 57.2 Å². The second kappa shape index (κ2) is 5.81. The first-order valence-electron chi connectivity index (χ1n) is 3.65. The van der Waals surface area contributed by atoms with Gasteiger partial charge in [0, 0.05) is 5.56 Å². The standard InChI is InChI=1S/C9H6F2O3.K/c10-9(11,8(13)14)7(12)6-4-2-1-3-5-6;/h1-5H,(H,13,14);/q;+1/p-1. The summed E-state index contributed by atoms with van der Waals surface area (Å²) in [5, 5.41) is 9.95. The Bertz CT molecular complexity index is 365. The van der Waals surface area contributed by atoms with E-state index in [2.05, 4.69) is 0 Å². The van der Waals surface area contributed by atoms with Crippen molar-refractivity contribution in [1.29, 1.82) is 0 Å². The minimum Gasteiger partial charge on any atom is -0.544 e. The normalized spacial score (nSPS) is 10.3. The van der Waals surface area contributed by atoms with E-state index in [1.54, 1.807) is 0 Å². The smallest absolute Gasteiger partial charge is 0.544 e. The van der Waals surface area contributed by atoms with E-state index in [0.29, 0.717) is 0 Å². The Morgan fingerprint density at radius 2 is 1.60 bits per heavy atom. The van der Waals surface area contributed by atoms with Crippen LogP contribution in [0.3, 0.4) is 0 Å². The molecule has 0 bridgehead atoms. The molecule has 74 valence electrons. The molecule has 0 unspecified atom stereocenters. The third-order valence-corrected chi connectivity index (χ3v) is 1.58. The van der Waals surface area contributed by atoms with Gasteiger partial charge in [0.2, 0.25) is 5.78 Å². The van der Waals surface area contributed by atoms with Crippen LogP contribution in [-0.2, 0) is 4.79 Å². The summed E-state index contributed by atoms with van der Waals surface area (Å²) in [6, 6.07) is 6.46. The molecule has 0 aliphatic carbocycles. The Kier molecular flexibility index (Phi) is 5.75. The molecule has 0 saturated carbocycles. The number of Topliss-reactive ketones (excluding diaryl/α,β-unsaturated/α-hetero) is 1. The molecular formula is C9H5F2KO3. The number of benzene rings is 1. The number of rotatable bonds is 3.